The van der Waals surface area contributed by atoms with E-state index in [9.17, 15) is 22.8 Å². The molecule has 0 aliphatic carbocycles. The van der Waals surface area contributed by atoms with Gasteiger partial charge >= 0.3 is 6.61 Å². The summed E-state index contributed by atoms with van der Waals surface area (Å²) in [5.41, 5.74) is 4.31. The number of carbonyl (C=O) groups is 2. The molecule has 10 heteroatoms. The summed E-state index contributed by atoms with van der Waals surface area (Å²) in [5.74, 6) is -0.617. The molecule has 200 valence electrons. The number of aryl methyl sites for hydroxylation is 1. The lowest BCUT2D eigenvalue weighted by Gasteiger charge is -2.23. The Labute approximate surface area is 219 Å². The molecule has 0 aromatic heterocycles. The second kappa shape index (κ2) is 13.9. The molecule has 0 radical (unpaired) electrons. The van der Waals surface area contributed by atoms with Crippen LogP contribution in [0.5, 0.6) is 0 Å². The van der Waals surface area contributed by atoms with Crippen molar-refractivity contribution < 1.29 is 27.9 Å². The van der Waals surface area contributed by atoms with Crippen molar-refractivity contribution in [2.75, 3.05) is 31.5 Å². The fraction of sp³-hybridized carbons (Fsp3) is 0.250. The van der Waals surface area contributed by atoms with Gasteiger partial charge in [-0.15, -0.1) is 0 Å². The molecule has 0 fully saturated rings. The number of fused-ring (bicyclic) bond motifs is 1. The van der Waals surface area contributed by atoms with E-state index in [0.29, 0.717) is 49.4 Å². The number of amides is 2. The Balaban J connectivity index is 0.000000934. The lowest BCUT2D eigenvalue weighted by Crippen LogP contribution is -2.39. The number of anilines is 1. The Morgan fingerprint density at radius 1 is 1.03 bits per heavy atom. The standard InChI is InChI=1S/C27H27FN4O2.CH2F2O/c1-19-16-21(10-11-23(19)20-6-4-7-22(28)17-20)27(34)32-14-5-12-29-18-31-25-9-3-2-8-24(25)26(33)30-13-15-32;2-1(3)4/h2-4,6-11,16-18H,5,12-15H2,1H3,(H,29,31)(H,30,33);1,4H. The van der Waals surface area contributed by atoms with Crippen molar-refractivity contribution in [3.63, 3.8) is 0 Å². The number of aliphatic imine (C=N–C) groups is 1. The fourth-order valence-corrected chi connectivity index (χ4v) is 4.01. The summed E-state index contributed by atoms with van der Waals surface area (Å²) < 4.78 is 33.4. The van der Waals surface area contributed by atoms with Gasteiger partial charge in [0.15, 0.2) is 0 Å². The first kappa shape index (κ1) is 28.4. The van der Waals surface area contributed by atoms with Crippen LogP contribution in [0.15, 0.2) is 71.7 Å². The molecule has 0 atom stereocenters. The van der Waals surface area contributed by atoms with Crippen LogP contribution in [0.1, 0.15) is 32.7 Å². The number of aliphatic hydroxyl groups is 1. The quantitative estimate of drug-likeness (QED) is 0.451. The number of nitrogens with zero attached hydrogens (tertiary/aromatic N) is 2. The van der Waals surface area contributed by atoms with Crippen molar-refractivity contribution in [1.82, 2.24) is 10.2 Å². The van der Waals surface area contributed by atoms with Crippen molar-refractivity contribution in [3.05, 3.63) is 89.2 Å². The number of aliphatic hydroxyl groups excluding tert-OH is 1. The highest BCUT2D eigenvalue weighted by molar-refractivity contribution is 6.01. The summed E-state index contributed by atoms with van der Waals surface area (Å²) in [6.45, 7) is 0.534. The van der Waals surface area contributed by atoms with Crippen molar-refractivity contribution in [1.29, 1.82) is 0 Å². The minimum atomic E-state index is -3.17. The zero-order valence-electron chi connectivity index (χ0n) is 20.8. The summed E-state index contributed by atoms with van der Waals surface area (Å²) in [5, 5.41) is 12.7. The molecule has 0 bridgehead atoms. The number of hydrogen-bond donors (Lipinski definition) is 3. The second-order valence-corrected chi connectivity index (χ2v) is 8.44. The SMILES string of the molecule is Cc1cc(C(=O)N2CCCN=CNc3ccccc3C(=O)NCC2)ccc1-c1cccc(F)c1.OC(F)F. The Kier molecular flexibility index (Phi) is 10.4. The van der Waals surface area contributed by atoms with Crippen LogP contribution in [-0.2, 0) is 0 Å². The number of carbonyl (C=O) groups excluding carboxylic acids is 2. The van der Waals surface area contributed by atoms with Gasteiger partial charge in [-0.25, -0.2) is 4.39 Å². The lowest BCUT2D eigenvalue weighted by molar-refractivity contribution is -0.0728. The summed E-state index contributed by atoms with van der Waals surface area (Å²) >= 11 is 0. The molecule has 38 heavy (non-hydrogen) atoms. The van der Waals surface area contributed by atoms with Gasteiger partial charge in [0.05, 0.1) is 17.6 Å². The molecule has 3 aromatic carbocycles. The minimum absolute atomic E-state index is 0.111. The van der Waals surface area contributed by atoms with Crippen LogP contribution in [0, 0.1) is 12.7 Å². The van der Waals surface area contributed by atoms with Gasteiger partial charge < -0.3 is 20.6 Å². The number of benzene rings is 3. The Morgan fingerprint density at radius 2 is 1.79 bits per heavy atom. The Morgan fingerprint density at radius 3 is 2.53 bits per heavy atom. The van der Waals surface area contributed by atoms with Crippen LogP contribution in [0.2, 0.25) is 0 Å². The molecule has 0 unspecified atom stereocenters. The van der Waals surface area contributed by atoms with Crippen molar-refractivity contribution in [3.8, 4) is 11.1 Å². The van der Waals surface area contributed by atoms with Crippen molar-refractivity contribution in [2.24, 2.45) is 4.99 Å². The molecule has 2 amide bonds. The van der Waals surface area contributed by atoms with E-state index in [1.807, 2.05) is 37.3 Å². The maximum Gasteiger partial charge on any atom is 0.342 e. The molecule has 7 nitrogen and oxygen atoms in total. The van der Waals surface area contributed by atoms with E-state index in [2.05, 4.69) is 15.6 Å². The predicted molar refractivity (Wildman–Crippen MR) is 141 cm³/mol. The van der Waals surface area contributed by atoms with E-state index in [4.69, 9.17) is 5.11 Å². The zero-order valence-corrected chi connectivity index (χ0v) is 20.8. The van der Waals surface area contributed by atoms with Crippen LogP contribution in [0.4, 0.5) is 18.9 Å². The molecule has 1 heterocycles. The smallest absolute Gasteiger partial charge is 0.342 e. The zero-order chi connectivity index (χ0) is 27.5. The monoisotopic (exact) mass is 526 g/mol. The van der Waals surface area contributed by atoms with Gasteiger partial charge in [-0.3, -0.25) is 14.6 Å². The van der Waals surface area contributed by atoms with Gasteiger partial charge in [0.1, 0.15) is 5.82 Å². The Hall–Kier alpha value is -4.18. The van der Waals surface area contributed by atoms with Gasteiger partial charge in [-0.05, 0) is 66.4 Å². The lowest BCUT2D eigenvalue weighted by atomic mass is 9.98. The highest BCUT2D eigenvalue weighted by Gasteiger charge is 2.18. The van der Waals surface area contributed by atoms with E-state index in [1.54, 1.807) is 35.5 Å². The maximum atomic E-state index is 13.7. The summed E-state index contributed by atoms with van der Waals surface area (Å²) in [4.78, 5) is 32.1. The van der Waals surface area contributed by atoms with E-state index in [1.165, 1.54) is 12.1 Å². The second-order valence-electron chi connectivity index (χ2n) is 8.44. The third kappa shape index (κ3) is 8.17. The molecule has 1 aliphatic rings. The van der Waals surface area contributed by atoms with Crippen LogP contribution in [0.3, 0.4) is 0 Å². The first-order valence-corrected chi connectivity index (χ1v) is 12.0. The van der Waals surface area contributed by atoms with Gasteiger partial charge in [0, 0.05) is 31.7 Å². The molecule has 0 spiro atoms. The Bertz CT molecular complexity index is 1280. The van der Waals surface area contributed by atoms with Crippen molar-refractivity contribution in [2.45, 2.75) is 20.0 Å². The van der Waals surface area contributed by atoms with Gasteiger partial charge in [0.25, 0.3) is 11.8 Å². The molecular formula is C28H29F3N4O3. The topological polar surface area (TPSA) is 94.0 Å². The molecule has 4 rings (SSSR count). The molecule has 3 aromatic rings. The number of halogens is 3. The van der Waals surface area contributed by atoms with E-state index in [0.717, 1.165) is 16.7 Å². The number of rotatable bonds is 2. The van der Waals surface area contributed by atoms with Gasteiger partial charge in [0.2, 0.25) is 0 Å². The van der Waals surface area contributed by atoms with Gasteiger partial charge in [-0.1, -0.05) is 30.3 Å². The number of hydrogen-bond acceptors (Lipinski definition) is 5. The molecule has 3 N–H and O–H groups in total. The fourth-order valence-electron chi connectivity index (χ4n) is 4.01. The molecule has 0 saturated carbocycles. The van der Waals surface area contributed by atoms with E-state index >= 15 is 0 Å². The largest absolute Gasteiger partial charge is 0.350 e. The van der Waals surface area contributed by atoms with Crippen LogP contribution in [-0.4, -0.2) is 60.9 Å². The average molecular weight is 527 g/mol. The average Bonchev–Trinajstić information content (AvgIpc) is 2.90. The number of alkyl halides is 2. The number of para-hydroxylation sites is 1. The highest BCUT2D eigenvalue weighted by Crippen LogP contribution is 2.25. The first-order valence-electron chi connectivity index (χ1n) is 12.0. The van der Waals surface area contributed by atoms with E-state index in [-0.39, 0.29) is 17.6 Å². The highest BCUT2D eigenvalue weighted by atomic mass is 19.3. The maximum absolute atomic E-state index is 13.7. The van der Waals surface area contributed by atoms with Crippen LogP contribution >= 0.6 is 0 Å². The normalized spacial score (nSPS) is 14.1. The van der Waals surface area contributed by atoms with Gasteiger partial charge in [-0.2, -0.15) is 8.78 Å². The molecule has 1 aliphatic heterocycles. The summed E-state index contributed by atoms with van der Waals surface area (Å²) in [6.07, 6.45) is 2.28. The van der Waals surface area contributed by atoms with Crippen LogP contribution < -0.4 is 10.6 Å². The first-order chi connectivity index (χ1) is 18.3. The molecule has 0 saturated heterocycles. The summed E-state index contributed by atoms with van der Waals surface area (Å²) in [6, 6.07) is 19.1. The third-order valence-corrected chi connectivity index (χ3v) is 5.76. The number of nitrogens with one attached hydrogen (secondary N) is 2. The third-order valence-electron chi connectivity index (χ3n) is 5.76. The predicted octanol–water partition coefficient (Wildman–Crippen LogP) is 4.72. The summed E-state index contributed by atoms with van der Waals surface area (Å²) in [7, 11) is 0. The van der Waals surface area contributed by atoms with Crippen molar-refractivity contribution >= 4 is 23.8 Å². The van der Waals surface area contributed by atoms with E-state index < -0.39 is 6.61 Å². The van der Waals surface area contributed by atoms with Crippen LogP contribution in [0.25, 0.3) is 11.1 Å². The molecular weight excluding hydrogens is 497 g/mol. The minimum Gasteiger partial charge on any atom is -0.350 e.